The number of piperazine rings is 1. The highest BCUT2D eigenvalue weighted by Crippen LogP contribution is 2.22. The Hall–Kier alpha value is -2.08. The van der Waals surface area contributed by atoms with Gasteiger partial charge in [-0.15, -0.1) is 5.10 Å². The molecule has 1 saturated heterocycles. The average molecular weight is 361 g/mol. The lowest BCUT2D eigenvalue weighted by atomic mass is 10.2. The number of aromatic nitrogens is 3. The molecular weight excluding hydrogens is 336 g/mol. The highest BCUT2D eigenvalue weighted by atomic mass is 35.5. The smallest absolute Gasteiger partial charge is 0.247 e. The quantitative estimate of drug-likeness (QED) is 0.789. The molecule has 1 aromatic carbocycles. The van der Waals surface area contributed by atoms with E-state index >= 15 is 0 Å². The minimum atomic E-state index is 0.714. The molecule has 0 unspecified atom stereocenters. The van der Waals surface area contributed by atoms with Crippen LogP contribution in [-0.2, 0) is 0 Å². The second kappa shape index (κ2) is 8.34. The molecule has 0 atom stereocenters. The van der Waals surface area contributed by atoms with E-state index in [9.17, 15) is 0 Å². The maximum Gasteiger partial charge on any atom is 0.247 e. The summed E-state index contributed by atoms with van der Waals surface area (Å²) >= 11 is 6.10. The molecule has 25 heavy (non-hydrogen) atoms. The second-order valence-corrected chi connectivity index (χ2v) is 6.78. The summed E-state index contributed by atoms with van der Waals surface area (Å²) < 4.78 is 0. The van der Waals surface area contributed by atoms with Crippen molar-refractivity contribution >= 4 is 29.1 Å². The van der Waals surface area contributed by atoms with Crippen molar-refractivity contribution in [2.45, 2.75) is 19.8 Å². The summed E-state index contributed by atoms with van der Waals surface area (Å²) in [6.45, 7) is 6.75. The SMILES string of the molecule is CCCCN(C)c1cnnc(N2CCN(c3cccc(Cl)c3)CC2)n1. The molecule has 2 heterocycles. The minimum absolute atomic E-state index is 0.714. The van der Waals surface area contributed by atoms with Crippen molar-refractivity contribution in [2.24, 2.45) is 0 Å². The van der Waals surface area contributed by atoms with Crippen molar-refractivity contribution in [1.29, 1.82) is 0 Å². The molecule has 6 nitrogen and oxygen atoms in total. The van der Waals surface area contributed by atoms with Crippen LogP contribution >= 0.6 is 11.6 Å². The topological polar surface area (TPSA) is 48.4 Å². The maximum absolute atomic E-state index is 6.10. The molecule has 0 N–H and O–H groups in total. The second-order valence-electron chi connectivity index (χ2n) is 6.34. The van der Waals surface area contributed by atoms with E-state index < -0.39 is 0 Å². The van der Waals surface area contributed by atoms with Gasteiger partial charge in [0.25, 0.3) is 0 Å². The first-order valence-electron chi connectivity index (χ1n) is 8.83. The number of hydrogen-bond acceptors (Lipinski definition) is 6. The van der Waals surface area contributed by atoms with Crippen molar-refractivity contribution in [1.82, 2.24) is 15.2 Å². The molecule has 1 aromatic heterocycles. The fourth-order valence-electron chi connectivity index (χ4n) is 2.95. The average Bonchev–Trinajstić information content (AvgIpc) is 2.66. The third-order valence-corrected chi connectivity index (χ3v) is 4.74. The first kappa shape index (κ1) is 17.7. The zero-order valence-electron chi connectivity index (χ0n) is 14.9. The van der Waals surface area contributed by atoms with Crippen LogP contribution < -0.4 is 14.7 Å². The van der Waals surface area contributed by atoms with Gasteiger partial charge in [-0.25, -0.2) is 0 Å². The number of hydrogen-bond donors (Lipinski definition) is 0. The molecule has 0 radical (unpaired) electrons. The van der Waals surface area contributed by atoms with Crippen molar-refractivity contribution in [3.63, 3.8) is 0 Å². The molecule has 7 heteroatoms. The van der Waals surface area contributed by atoms with Gasteiger partial charge in [-0.05, 0) is 24.6 Å². The highest BCUT2D eigenvalue weighted by Gasteiger charge is 2.20. The van der Waals surface area contributed by atoms with E-state index in [0.717, 1.165) is 50.0 Å². The predicted molar refractivity (Wildman–Crippen MR) is 104 cm³/mol. The van der Waals surface area contributed by atoms with Crippen molar-refractivity contribution in [3.05, 3.63) is 35.5 Å². The fraction of sp³-hybridized carbons (Fsp3) is 0.500. The van der Waals surface area contributed by atoms with E-state index in [-0.39, 0.29) is 0 Å². The van der Waals surface area contributed by atoms with Crippen molar-refractivity contribution in [3.8, 4) is 0 Å². The molecule has 0 aliphatic carbocycles. The largest absolute Gasteiger partial charge is 0.368 e. The van der Waals surface area contributed by atoms with Crippen LogP contribution in [0.4, 0.5) is 17.5 Å². The predicted octanol–water partition coefficient (Wildman–Crippen LogP) is 3.09. The fourth-order valence-corrected chi connectivity index (χ4v) is 3.14. The van der Waals surface area contributed by atoms with Crippen molar-refractivity contribution < 1.29 is 0 Å². The third kappa shape index (κ3) is 4.51. The zero-order chi connectivity index (χ0) is 17.6. The van der Waals surface area contributed by atoms with Gasteiger partial charge in [0.05, 0.1) is 6.20 Å². The van der Waals surface area contributed by atoms with Gasteiger partial charge in [-0.3, -0.25) is 0 Å². The van der Waals surface area contributed by atoms with Crippen LogP contribution in [0.3, 0.4) is 0 Å². The zero-order valence-corrected chi connectivity index (χ0v) is 15.7. The van der Waals surface area contributed by atoms with Crippen LogP contribution in [0.15, 0.2) is 30.5 Å². The summed E-state index contributed by atoms with van der Waals surface area (Å²) in [6, 6.07) is 8.01. The van der Waals surface area contributed by atoms with E-state index in [1.165, 1.54) is 12.1 Å². The summed E-state index contributed by atoms with van der Waals surface area (Å²) in [5.74, 6) is 1.60. The molecule has 0 bridgehead atoms. The van der Waals surface area contributed by atoms with Gasteiger partial charge >= 0.3 is 0 Å². The Bertz CT molecular complexity index is 687. The molecule has 1 aliphatic heterocycles. The Morgan fingerprint density at radius 2 is 1.92 bits per heavy atom. The number of benzene rings is 1. The van der Waals surface area contributed by atoms with Gasteiger partial charge in [0.15, 0.2) is 5.82 Å². The molecule has 0 amide bonds. The lowest BCUT2D eigenvalue weighted by molar-refractivity contribution is 0.633. The van der Waals surface area contributed by atoms with E-state index in [1.54, 1.807) is 6.20 Å². The molecule has 2 aromatic rings. The number of unbranched alkanes of at least 4 members (excludes halogenated alkanes) is 1. The van der Waals surface area contributed by atoms with Crippen LogP contribution in [0.5, 0.6) is 0 Å². The minimum Gasteiger partial charge on any atom is -0.368 e. The Labute approximate surface area is 154 Å². The van der Waals surface area contributed by atoms with Gasteiger partial charge in [0.1, 0.15) is 0 Å². The van der Waals surface area contributed by atoms with Crippen LogP contribution in [0.2, 0.25) is 5.02 Å². The van der Waals surface area contributed by atoms with E-state index in [2.05, 4.69) is 44.9 Å². The Morgan fingerprint density at radius 1 is 1.16 bits per heavy atom. The summed E-state index contributed by atoms with van der Waals surface area (Å²) in [6.07, 6.45) is 4.05. The normalized spacial score (nSPS) is 14.7. The van der Waals surface area contributed by atoms with E-state index in [1.807, 2.05) is 18.2 Å². The van der Waals surface area contributed by atoms with Crippen molar-refractivity contribution in [2.75, 3.05) is 54.5 Å². The van der Waals surface area contributed by atoms with Crippen LogP contribution in [0, 0.1) is 0 Å². The first-order valence-corrected chi connectivity index (χ1v) is 9.21. The Morgan fingerprint density at radius 3 is 2.64 bits per heavy atom. The number of rotatable bonds is 6. The molecule has 3 rings (SSSR count). The van der Waals surface area contributed by atoms with Gasteiger partial charge < -0.3 is 14.7 Å². The van der Waals surface area contributed by atoms with E-state index in [0.29, 0.717) is 5.95 Å². The highest BCUT2D eigenvalue weighted by molar-refractivity contribution is 6.30. The molecule has 1 fully saturated rings. The molecule has 134 valence electrons. The van der Waals surface area contributed by atoms with E-state index in [4.69, 9.17) is 16.6 Å². The molecule has 1 aliphatic rings. The van der Waals surface area contributed by atoms with Crippen LogP contribution in [0.1, 0.15) is 19.8 Å². The van der Waals surface area contributed by atoms with Gasteiger partial charge in [-0.1, -0.05) is 31.0 Å². The first-order chi connectivity index (χ1) is 12.2. The van der Waals surface area contributed by atoms with Gasteiger partial charge in [0, 0.05) is 50.5 Å². The van der Waals surface area contributed by atoms with Crippen LogP contribution in [-0.4, -0.2) is 55.0 Å². The lowest BCUT2D eigenvalue weighted by Gasteiger charge is -2.36. The number of anilines is 3. The Kier molecular flexibility index (Phi) is 5.91. The third-order valence-electron chi connectivity index (χ3n) is 4.51. The number of halogens is 1. The number of nitrogens with zero attached hydrogens (tertiary/aromatic N) is 6. The lowest BCUT2D eigenvalue weighted by Crippen LogP contribution is -2.47. The maximum atomic E-state index is 6.10. The molecule has 0 spiro atoms. The van der Waals surface area contributed by atoms with Gasteiger partial charge in [-0.2, -0.15) is 10.1 Å². The summed E-state index contributed by atoms with van der Waals surface area (Å²) in [5.41, 5.74) is 1.17. The summed E-state index contributed by atoms with van der Waals surface area (Å²) in [7, 11) is 2.06. The molecular formula is C18H25ClN6. The standard InChI is InChI=1S/C18H25ClN6/c1-3-4-8-23(2)17-14-20-22-18(21-17)25-11-9-24(10-12-25)16-7-5-6-15(19)13-16/h5-7,13-14H,3-4,8-12H2,1-2H3. The monoisotopic (exact) mass is 360 g/mol. The van der Waals surface area contributed by atoms with Gasteiger partial charge in [0.2, 0.25) is 5.95 Å². The summed E-state index contributed by atoms with van der Waals surface area (Å²) in [5, 5.41) is 9.16. The molecule has 0 saturated carbocycles. The van der Waals surface area contributed by atoms with Crippen LogP contribution in [0.25, 0.3) is 0 Å². The summed E-state index contributed by atoms with van der Waals surface area (Å²) in [4.78, 5) is 11.4. The Balaban J connectivity index is 1.63.